The van der Waals surface area contributed by atoms with Crippen LogP contribution in [0.25, 0.3) is 0 Å². The lowest BCUT2D eigenvalue weighted by atomic mass is 9.90. The van der Waals surface area contributed by atoms with E-state index in [2.05, 4.69) is 10.3 Å². The van der Waals surface area contributed by atoms with Crippen LogP contribution in [-0.4, -0.2) is 133 Å². The maximum absolute atomic E-state index is 14.7. The number of hydrogen-bond donors (Lipinski definition) is 4. The van der Waals surface area contributed by atoms with Crippen LogP contribution in [0.5, 0.6) is 0 Å². The number of Topliss-reactive ketones (excluding diaryl/α,β-unsaturated/α-hetero) is 2. The van der Waals surface area contributed by atoms with Gasteiger partial charge in [-0.25, -0.2) is 15.1 Å². The topological polar surface area (TPSA) is 277 Å². The zero-order chi connectivity index (χ0) is 50.0. The highest BCUT2D eigenvalue weighted by molar-refractivity contribution is 5.97. The van der Waals surface area contributed by atoms with Gasteiger partial charge in [-0.2, -0.15) is 0 Å². The van der Waals surface area contributed by atoms with Crippen molar-refractivity contribution in [2.75, 3.05) is 52.6 Å². The second-order valence-corrected chi connectivity index (χ2v) is 17.5. The molecule has 0 saturated carbocycles. The standard InChI is InChI=1S/C49H72N8O12/c1-3-4-7-19-38(30-43(59)45(35(2)68-32-36-15-8-5-9-16-36)53-44(60)34-67-29-28-66-27-23-50)46(61)56-26-14-22-41(56)47(62)55-25-13-21-40(55)42(58)31-39(20-12-24-52-49(51)54-57(64)65)48(63)69-33-37-17-10-6-11-18-37/h5-6,8-11,15-18,35,38-41,45H,3-4,7,12-14,19-34,50H2,1-2H3,(H,53,60)(H3,51,52,54). The van der Waals surface area contributed by atoms with E-state index in [9.17, 15) is 38.9 Å². The van der Waals surface area contributed by atoms with Gasteiger partial charge in [0.15, 0.2) is 16.6 Å². The summed E-state index contributed by atoms with van der Waals surface area (Å²) in [5, 5.41) is 12.7. The van der Waals surface area contributed by atoms with Gasteiger partial charge in [-0.05, 0) is 63.0 Å². The fourth-order valence-electron chi connectivity index (χ4n) is 8.64. The quantitative estimate of drug-likeness (QED) is 0.0204. The van der Waals surface area contributed by atoms with Crippen molar-refractivity contribution < 1.29 is 52.7 Å². The number of nitrogens with one attached hydrogen (secondary N) is 2. The van der Waals surface area contributed by atoms with E-state index in [4.69, 9.17) is 30.4 Å². The Hall–Kier alpha value is -5.83. The number of esters is 1. The number of likely N-dealkylation sites (tertiary alicyclic amines) is 2. The number of nitrogens with two attached hydrogens (primary N) is 2. The van der Waals surface area contributed by atoms with E-state index in [1.807, 2.05) is 55.5 Å². The van der Waals surface area contributed by atoms with Crippen molar-refractivity contribution in [3.63, 3.8) is 0 Å². The summed E-state index contributed by atoms with van der Waals surface area (Å²) in [6, 6.07) is 15.7. The van der Waals surface area contributed by atoms with E-state index < -0.39 is 64.7 Å². The maximum Gasteiger partial charge on any atom is 0.309 e. The molecule has 20 nitrogen and oxygen atoms in total. The van der Waals surface area contributed by atoms with Crippen molar-refractivity contribution in [1.29, 1.82) is 0 Å². The molecular formula is C49H72N8O12. The summed E-state index contributed by atoms with van der Waals surface area (Å²) in [7, 11) is 0. The minimum absolute atomic E-state index is 0.00931. The number of aliphatic imine (C=N–C) groups is 1. The van der Waals surface area contributed by atoms with E-state index in [1.54, 1.807) is 29.4 Å². The average molecular weight is 965 g/mol. The first-order valence-electron chi connectivity index (χ1n) is 24.2. The van der Waals surface area contributed by atoms with Crippen LogP contribution in [0.4, 0.5) is 0 Å². The Kier molecular flexibility index (Phi) is 24.7. The van der Waals surface area contributed by atoms with Crippen LogP contribution in [0.3, 0.4) is 0 Å². The number of unbranched alkanes of at least 4 members (excludes halogenated alkanes) is 2. The van der Waals surface area contributed by atoms with E-state index in [0.717, 1.165) is 24.0 Å². The van der Waals surface area contributed by atoms with Gasteiger partial charge in [-0.3, -0.25) is 28.8 Å². The number of nitro groups is 1. The van der Waals surface area contributed by atoms with Crippen LogP contribution in [-0.2, 0) is 60.9 Å². The molecule has 0 bridgehead atoms. The monoisotopic (exact) mass is 965 g/mol. The lowest BCUT2D eigenvalue weighted by Gasteiger charge is -2.33. The lowest BCUT2D eigenvalue weighted by molar-refractivity contribution is -0.525. The van der Waals surface area contributed by atoms with Crippen LogP contribution in [0.2, 0.25) is 0 Å². The molecule has 2 saturated heterocycles. The Bertz CT molecular complexity index is 1980. The van der Waals surface area contributed by atoms with Crippen molar-refractivity contribution >= 4 is 41.2 Å². The van der Waals surface area contributed by atoms with Crippen molar-refractivity contribution in [3.05, 3.63) is 81.9 Å². The summed E-state index contributed by atoms with van der Waals surface area (Å²) < 4.78 is 22.6. The highest BCUT2D eigenvalue weighted by atomic mass is 16.7. The summed E-state index contributed by atoms with van der Waals surface area (Å²) >= 11 is 0. The fraction of sp³-hybridized carbons (Fsp3) is 0.612. The van der Waals surface area contributed by atoms with Crippen molar-refractivity contribution in [2.45, 2.75) is 128 Å². The van der Waals surface area contributed by atoms with E-state index in [1.165, 1.54) is 4.90 Å². The molecule has 4 rings (SSSR count). The number of nitrogens with zero attached hydrogens (tertiary/aromatic N) is 4. The summed E-state index contributed by atoms with van der Waals surface area (Å²) in [6.07, 6.45) is 3.83. The molecule has 2 aromatic rings. The molecule has 2 aliphatic heterocycles. The largest absolute Gasteiger partial charge is 0.461 e. The third kappa shape index (κ3) is 19.2. The molecule has 380 valence electrons. The van der Waals surface area contributed by atoms with Crippen LogP contribution < -0.4 is 22.2 Å². The van der Waals surface area contributed by atoms with Crippen LogP contribution in [0.15, 0.2) is 65.7 Å². The van der Waals surface area contributed by atoms with E-state index in [-0.39, 0.29) is 82.9 Å². The van der Waals surface area contributed by atoms with Gasteiger partial charge < -0.3 is 45.5 Å². The SMILES string of the molecule is CCCCCC(CC(=O)C(NC(=O)COCCOCCN)C(C)OCc1ccccc1)C(=O)N1CCCC1C(=O)N1CCCC1C(=O)CC(CCCN=C(N)N[N+](=O)[O-])C(=O)OCc1ccccc1. The molecule has 69 heavy (non-hydrogen) atoms. The molecule has 0 aromatic heterocycles. The zero-order valence-electron chi connectivity index (χ0n) is 40.1. The first-order chi connectivity index (χ1) is 33.3. The molecule has 2 aromatic carbocycles. The normalized spacial score (nSPS) is 17.7. The van der Waals surface area contributed by atoms with Crippen molar-refractivity contribution in [3.8, 4) is 0 Å². The van der Waals surface area contributed by atoms with Crippen LogP contribution in [0, 0.1) is 22.0 Å². The van der Waals surface area contributed by atoms with Gasteiger partial charge in [0.05, 0.1) is 44.5 Å². The summed E-state index contributed by atoms with van der Waals surface area (Å²) in [5.74, 6) is -4.61. The first-order valence-corrected chi connectivity index (χ1v) is 24.2. The van der Waals surface area contributed by atoms with E-state index >= 15 is 0 Å². The minimum atomic E-state index is -1.11. The first kappa shape index (κ1) is 55.8. The third-order valence-corrected chi connectivity index (χ3v) is 12.2. The van der Waals surface area contributed by atoms with E-state index in [0.29, 0.717) is 64.8 Å². The van der Waals surface area contributed by atoms with Gasteiger partial charge in [0.25, 0.3) is 5.96 Å². The number of ether oxygens (including phenoxy) is 4. The molecule has 3 amide bonds. The molecule has 2 heterocycles. The number of carbonyl (C=O) groups is 6. The Labute approximate surface area is 404 Å². The number of ketones is 2. The molecule has 0 radical (unpaired) electrons. The zero-order valence-corrected chi connectivity index (χ0v) is 40.1. The number of rotatable bonds is 32. The predicted molar refractivity (Wildman–Crippen MR) is 255 cm³/mol. The van der Waals surface area contributed by atoms with Gasteiger partial charge in [0, 0.05) is 44.9 Å². The van der Waals surface area contributed by atoms with Gasteiger partial charge in [-0.15, -0.1) is 0 Å². The molecule has 20 heteroatoms. The molecule has 0 aliphatic carbocycles. The van der Waals surface area contributed by atoms with Crippen molar-refractivity contribution in [2.24, 2.45) is 28.3 Å². The third-order valence-electron chi connectivity index (χ3n) is 12.2. The Balaban J connectivity index is 1.47. The summed E-state index contributed by atoms with van der Waals surface area (Å²) in [5.41, 5.74) is 14.4. The highest BCUT2D eigenvalue weighted by Gasteiger charge is 2.44. The average Bonchev–Trinajstić information content (AvgIpc) is 4.05. The van der Waals surface area contributed by atoms with Crippen LogP contribution >= 0.6 is 0 Å². The van der Waals surface area contributed by atoms with Gasteiger partial charge in [0.2, 0.25) is 17.7 Å². The Morgan fingerprint density at radius 1 is 0.826 bits per heavy atom. The Morgan fingerprint density at radius 2 is 1.46 bits per heavy atom. The second-order valence-electron chi connectivity index (χ2n) is 17.5. The van der Waals surface area contributed by atoms with Gasteiger partial charge >= 0.3 is 5.97 Å². The lowest BCUT2D eigenvalue weighted by Crippen LogP contribution is -2.53. The summed E-state index contributed by atoms with van der Waals surface area (Å²) in [4.78, 5) is 102. The highest BCUT2D eigenvalue weighted by Crippen LogP contribution is 2.30. The number of amides is 3. The minimum Gasteiger partial charge on any atom is -0.461 e. The second kappa shape index (κ2) is 30.6. The number of hydrazine groups is 1. The molecule has 6 atom stereocenters. The van der Waals surface area contributed by atoms with Gasteiger partial charge in [0.1, 0.15) is 25.3 Å². The molecule has 2 fully saturated rings. The molecule has 0 spiro atoms. The molecular weight excluding hydrogens is 893 g/mol. The summed E-state index contributed by atoms with van der Waals surface area (Å²) in [6.45, 7) is 5.32. The number of guanidine groups is 1. The molecule has 6 unspecified atom stereocenters. The smallest absolute Gasteiger partial charge is 0.309 e. The number of benzene rings is 2. The molecule has 6 N–H and O–H groups in total. The molecule has 2 aliphatic rings. The van der Waals surface area contributed by atoms with Gasteiger partial charge in [-0.1, -0.05) is 92.3 Å². The predicted octanol–water partition coefficient (Wildman–Crippen LogP) is 3.40. The number of hydrogen-bond acceptors (Lipinski definition) is 14. The fourth-order valence-corrected chi connectivity index (χ4v) is 8.64. The number of carbonyl (C=O) groups excluding carboxylic acids is 6. The van der Waals surface area contributed by atoms with Crippen LogP contribution in [0.1, 0.15) is 102 Å². The maximum atomic E-state index is 14.7. The van der Waals surface area contributed by atoms with Crippen molar-refractivity contribution in [1.82, 2.24) is 20.5 Å². The Morgan fingerprint density at radius 3 is 2.13 bits per heavy atom.